The zero-order valence-electron chi connectivity index (χ0n) is 9.77. The number of aromatic nitrogens is 2. The summed E-state index contributed by atoms with van der Waals surface area (Å²) in [4.78, 5) is 9.94. The number of rotatable bonds is 3. The molecule has 0 saturated heterocycles. The molecule has 0 saturated carbocycles. The van der Waals surface area contributed by atoms with Crippen LogP contribution in [0.2, 0.25) is 0 Å². The highest BCUT2D eigenvalue weighted by molar-refractivity contribution is 7.98. The molecule has 1 aromatic carbocycles. The van der Waals surface area contributed by atoms with Gasteiger partial charge in [-0.15, -0.1) is 11.8 Å². The molecule has 17 heavy (non-hydrogen) atoms. The molecule has 2 aromatic rings. The fraction of sp³-hybridized carbons (Fsp3) is 0.167. The average Bonchev–Trinajstić information content (AvgIpc) is 2.38. The van der Waals surface area contributed by atoms with E-state index in [9.17, 15) is 0 Å². The number of nitrogen functional groups attached to an aromatic ring is 1. The van der Waals surface area contributed by atoms with Crippen LogP contribution in [-0.4, -0.2) is 16.2 Å². The average molecular weight is 246 g/mol. The fourth-order valence-corrected chi connectivity index (χ4v) is 1.92. The summed E-state index contributed by atoms with van der Waals surface area (Å²) < 4.78 is 0. The summed E-state index contributed by atoms with van der Waals surface area (Å²) in [6, 6.07) is 9.95. The van der Waals surface area contributed by atoms with Crippen molar-refractivity contribution in [2.75, 3.05) is 11.7 Å². The molecule has 0 spiro atoms. The van der Waals surface area contributed by atoms with Crippen molar-refractivity contribution in [1.29, 1.82) is 0 Å². The van der Waals surface area contributed by atoms with E-state index in [1.807, 2.05) is 19.1 Å². The summed E-state index contributed by atoms with van der Waals surface area (Å²) >= 11 is 1.71. The molecule has 0 unspecified atom stereocenters. The lowest BCUT2D eigenvalue weighted by Crippen LogP contribution is -2.09. The molecule has 0 atom stereocenters. The van der Waals surface area contributed by atoms with Gasteiger partial charge in [-0.25, -0.2) is 15.8 Å². The van der Waals surface area contributed by atoms with Crippen molar-refractivity contribution in [2.45, 2.75) is 11.8 Å². The minimum absolute atomic E-state index is 0.626. The molecule has 0 aliphatic heterocycles. The van der Waals surface area contributed by atoms with Gasteiger partial charge in [0.15, 0.2) is 5.82 Å². The molecule has 4 nitrogen and oxygen atoms in total. The quantitative estimate of drug-likeness (QED) is 0.495. The first-order valence-corrected chi connectivity index (χ1v) is 6.42. The molecule has 3 N–H and O–H groups in total. The molecule has 0 fully saturated rings. The Kier molecular flexibility index (Phi) is 3.61. The van der Waals surface area contributed by atoms with Gasteiger partial charge >= 0.3 is 0 Å². The summed E-state index contributed by atoms with van der Waals surface area (Å²) in [5.41, 5.74) is 4.42. The predicted molar refractivity (Wildman–Crippen MR) is 71.8 cm³/mol. The third-order valence-corrected chi connectivity index (χ3v) is 3.09. The number of hydrogen-bond donors (Lipinski definition) is 2. The van der Waals surface area contributed by atoms with Gasteiger partial charge in [0.1, 0.15) is 5.82 Å². The lowest BCUT2D eigenvalue weighted by Gasteiger charge is -2.05. The molecular weight excluding hydrogens is 232 g/mol. The second-order valence-corrected chi connectivity index (χ2v) is 4.47. The Balaban J connectivity index is 2.41. The van der Waals surface area contributed by atoms with Crippen LogP contribution in [0, 0.1) is 6.92 Å². The Bertz CT molecular complexity index is 510. The Morgan fingerprint density at radius 1 is 1.18 bits per heavy atom. The molecule has 0 aliphatic rings. The van der Waals surface area contributed by atoms with Crippen LogP contribution in [0.25, 0.3) is 11.4 Å². The Hall–Kier alpha value is -1.59. The minimum atomic E-state index is 0.626. The van der Waals surface area contributed by atoms with Gasteiger partial charge < -0.3 is 5.43 Å². The molecule has 0 bridgehead atoms. The molecule has 0 amide bonds. The van der Waals surface area contributed by atoms with Gasteiger partial charge in [-0.05, 0) is 25.3 Å². The third kappa shape index (κ3) is 2.75. The topological polar surface area (TPSA) is 63.8 Å². The van der Waals surface area contributed by atoms with E-state index in [2.05, 4.69) is 33.8 Å². The summed E-state index contributed by atoms with van der Waals surface area (Å²) in [5.74, 6) is 6.68. The van der Waals surface area contributed by atoms with Gasteiger partial charge in [0.25, 0.3) is 0 Å². The van der Waals surface area contributed by atoms with Crippen molar-refractivity contribution in [3.63, 3.8) is 0 Å². The van der Waals surface area contributed by atoms with Crippen molar-refractivity contribution < 1.29 is 0 Å². The first-order valence-electron chi connectivity index (χ1n) is 5.19. The molecule has 2 rings (SSSR count). The Morgan fingerprint density at radius 3 is 2.47 bits per heavy atom. The predicted octanol–water partition coefficient (Wildman–Crippen LogP) is 2.46. The largest absolute Gasteiger partial charge is 0.308 e. The summed E-state index contributed by atoms with van der Waals surface area (Å²) in [7, 11) is 0. The van der Waals surface area contributed by atoms with Crippen LogP contribution >= 0.6 is 11.8 Å². The van der Waals surface area contributed by atoms with Crippen LogP contribution in [0.15, 0.2) is 35.2 Å². The van der Waals surface area contributed by atoms with Gasteiger partial charge in [-0.2, -0.15) is 0 Å². The zero-order valence-corrected chi connectivity index (χ0v) is 10.6. The lowest BCUT2D eigenvalue weighted by molar-refractivity contribution is 1.09. The molecular formula is C12H14N4S. The number of thioether (sulfide) groups is 1. The number of hydrogen-bond acceptors (Lipinski definition) is 5. The fourth-order valence-electron chi connectivity index (χ4n) is 1.51. The number of hydrazine groups is 1. The third-order valence-electron chi connectivity index (χ3n) is 2.35. The van der Waals surface area contributed by atoms with Crippen molar-refractivity contribution >= 4 is 17.6 Å². The van der Waals surface area contributed by atoms with Crippen LogP contribution in [-0.2, 0) is 0 Å². The maximum atomic E-state index is 5.37. The number of aryl methyl sites for hydroxylation is 1. The summed E-state index contributed by atoms with van der Waals surface area (Å²) in [6.45, 7) is 1.92. The van der Waals surface area contributed by atoms with E-state index in [1.54, 1.807) is 17.8 Å². The first kappa shape index (κ1) is 11.9. The standard InChI is InChI=1S/C12H14N4S/c1-8-7-11(16-13)15-12(14-8)9-3-5-10(17-2)6-4-9/h3-7H,13H2,1-2H3,(H,14,15,16). The smallest absolute Gasteiger partial charge is 0.161 e. The van der Waals surface area contributed by atoms with E-state index in [-0.39, 0.29) is 0 Å². The SMILES string of the molecule is CSc1ccc(-c2nc(C)cc(NN)n2)cc1. The van der Waals surface area contributed by atoms with Crippen LogP contribution in [0.1, 0.15) is 5.69 Å². The summed E-state index contributed by atoms with van der Waals surface area (Å²) in [6.07, 6.45) is 2.05. The molecule has 0 radical (unpaired) electrons. The molecule has 1 aromatic heterocycles. The van der Waals surface area contributed by atoms with E-state index in [0.29, 0.717) is 11.6 Å². The Labute approximate surface area is 105 Å². The Morgan fingerprint density at radius 2 is 1.88 bits per heavy atom. The van der Waals surface area contributed by atoms with E-state index in [1.165, 1.54) is 4.90 Å². The maximum absolute atomic E-state index is 5.37. The van der Waals surface area contributed by atoms with Gasteiger partial charge in [-0.3, -0.25) is 0 Å². The molecule has 1 heterocycles. The van der Waals surface area contributed by atoms with Gasteiger partial charge in [-0.1, -0.05) is 12.1 Å². The number of nitrogens with zero attached hydrogens (tertiary/aromatic N) is 2. The number of benzene rings is 1. The number of nitrogens with one attached hydrogen (secondary N) is 1. The van der Waals surface area contributed by atoms with E-state index in [0.717, 1.165) is 11.3 Å². The van der Waals surface area contributed by atoms with E-state index >= 15 is 0 Å². The van der Waals surface area contributed by atoms with E-state index in [4.69, 9.17) is 5.84 Å². The molecule has 0 aliphatic carbocycles. The normalized spacial score (nSPS) is 10.3. The second-order valence-electron chi connectivity index (χ2n) is 3.59. The highest BCUT2D eigenvalue weighted by atomic mass is 32.2. The van der Waals surface area contributed by atoms with Gasteiger partial charge in [0, 0.05) is 22.2 Å². The van der Waals surface area contributed by atoms with Crippen molar-refractivity contribution in [2.24, 2.45) is 5.84 Å². The van der Waals surface area contributed by atoms with Crippen molar-refractivity contribution in [1.82, 2.24) is 9.97 Å². The van der Waals surface area contributed by atoms with Crippen LogP contribution < -0.4 is 11.3 Å². The van der Waals surface area contributed by atoms with Gasteiger partial charge in [0.05, 0.1) is 0 Å². The van der Waals surface area contributed by atoms with Crippen molar-refractivity contribution in [3.05, 3.63) is 36.0 Å². The number of nitrogens with two attached hydrogens (primary N) is 1. The first-order chi connectivity index (χ1) is 8.22. The molecule has 5 heteroatoms. The maximum Gasteiger partial charge on any atom is 0.161 e. The minimum Gasteiger partial charge on any atom is -0.308 e. The monoisotopic (exact) mass is 246 g/mol. The van der Waals surface area contributed by atoms with Crippen molar-refractivity contribution in [3.8, 4) is 11.4 Å². The number of anilines is 1. The van der Waals surface area contributed by atoms with Crippen LogP contribution in [0.4, 0.5) is 5.82 Å². The van der Waals surface area contributed by atoms with Gasteiger partial charge in [0.2, 0.25) is 0 Å². The highest BCUT2D eigenvalue weighted by Gasteiger charge is 2.04. The molecule has 88 valence electrons. The van der Waals surface area contributed by atoms with Crippen LogP contribution in [0.5, 0.6) is 0 Å². The second kappa shape index (κ2) is 5.16. The lowest BCUT2D eigenvalue weighted by atomic mass is 10.2. The van der Waals surface area contributed by atoms with E-state index < -0.39 is 0 Å². The summed E-state index contributed by atoms with van der Waals surface area (Å²) in [5, 5.41) is 0. The zero-order chi connectivity index (χ0) is 12.3. The highest BCUT2D eigenvalue weighted by Crippen LogP contribution is 2.21. The van der Waals surface area contributed by atoms with Crippen LogP contribution in [0.3, 0.4) is 0 Å².